The minimum atomic E-state index is -0.980. The fraction of sp³-hybridized carbons (Fsp3) is 0.381. The average Bonchev–Trinajstić information content (AvgIpc) is 2.65. The van der Waals surface area contributed by atoms with Gasteiger partial charge in [-0.1, -0.05) is 32.1 Å². The molecule has 5 heteroatoms. The maximum atomic E-state index is 12.4. The van der Waals surface area contributed by atoms with E-state index in [2.05, 4.69) is 13.2 Å². The third kappa shape index (κ3) is 3.27. The number of aliphatic hydroxyl groups is 1. The van der Waals surface area contributed by atoms with E-state index >= 15 is 0 Å². The number of hydrogen-bond acceptors (Lipinski definition) is 5. The van der Waals surface area contributed by atoms with Crippen LogP contribution in [-0.2, 0) is 14.9 Å². The van der Waals surface area contributed by atoms with Crippen LogP contribution in [0, 0.1) is 5.92 Å². The molecule has 140 valence electrons. The second kappa shape index (κ2) is 7.79. The maximum absolute atomic E-state index is 12.4. The average molecular weight is 358 g/mol. The van der Waals surface area contributed by atoms with Crippen molar-refractivity contribution in [2.75, 3.05) is 14.2 Å². The number of ether oxygens (including phenoxy) is 3. The Labute approximate surface area is 154 Å². The van der Waals surface area contributed by atoms with Crippen LogP contribution in [0.2, 0.25) is 0 Å². The number of benzene rings is 1. The van der Waals surface area contributed by atoms with Gasteiger partial charge in [0.1, 0.15) is 5.76 Å². The lowest BCUT2D eigenvalue weighted by Gasteiger charge is -2.40. The Hall–Kier alpha value is -2.53. The third-order valence-electron chi connectivity index (χ3n) is 4.68. The predicted octanol–water partition coefficient (Wildman–Crippen LogP) is 3.53. The molecule has 26 heavy (non-hydrogen) atoms. The molecular formula is C21H26O5. The molecule has 2 atom stereocenters. The lowest BCUT2D eigenvalue weighted by atomic mass is 9.67. The van der Waals surface area contributed by atoms with Crippen molar-refractivity contribution in [2.45, 2.75) is 31.8 Å². The zero-order chi connectivity index (χ0) is 19.5. The summed E-state index contributed by atoms with van der Waals surface area (Å²) in [6.07, 6.45) is 2.16. The number of carbonyl (C=O) groups excluding carboxylic acids is 1. The van der Waals surface area contributed by atoms with E-state index in [1.807, 2.05) is 19.9 Å². The highest BCUT2D eigenvalue weighted by Crippen LogP contribution is 2.47. The number of aliphatic hydroxyl groups excluding tert-OH is 1. The maximum Gasteiger partial charge on any atom is 0.312 e. The molecule has 0 amide bonds. The van der Waals surface area contributed by atoms with Crippen molar-refractivity contribution >= 4 is 5.97 Å². The first-order chi connectivity index (χ1) is 12.3. The van der Waals surface area contributed by atoms with E-state index < -0.39 is 11.5 Å². The molecule has 2 rings (SSSR count). The summed E-state index contributed by atoms with van der Waals surface area (Å²) in [5.41, 5.74) is 0.405. The number of hydrogen-bond donors (Lipinski definition) is 1. The summed E-state index contributed by atoms with van der Waals surface area (Å²) in [4.78, 5) is 12.4. The van der Waals surface area contributed by atoms with Crippen LogP contribution in [0.25, 0.3) is 0 Å². The summed E-state index contributed by atoms with van der Waals surface area (Å²) >= 11 is 0. The molecule has 0 radical (unpaired) electrons. The first-order valence-electron chi connectivity index (χ1n) is 8.46. The van der Waals surface area contributed by atoms with Gasteiger partial charge in [-0.2, -0.15) is 0 Å². The zero-order valence-electron chi connectivity index (χ0n) is 15.7. The van der Waals surface area contributed by atoms with Crippen LogP contribution in [-0.4, -0.2) is 31.4 Å². The Balaban J connectivity index is 2.81. The van der Waals surface area contributed by atoms with Gasteiger partial charge in [-0.05, 0) is 17.7 Å². The first kappa shape index (κ1) is 19.8. The van der Waals surface area contributed by atoms with Crippen LogP contribution >= 0.6 is 0 Å². The fourth-order valence-electron chi connectivity index (χ4n) is 3.38. The quantitative estimate of drug-likeness (QED) is 0.597. The first-order valence-corrected chi connectivity index (χ1v) is 8.46. The molecule has 0 saturated heterocycles. The molecular weight excluding hydrogens is 332 g/mol. The molecule has 0 saturated carbocycles. The number of cyclic esters (lactones) is 1. The largest absolute Gasteiger partial charge is 0.493 e. The van der Waals surface area contributed by atoms with Gasteiger partial charge in [0.25, 0.3) is 0 Å². The van der Waals surface area contributed by atoms with Crippen LogP contribution in [0.4, 0.5) is 0 Å². The molecule has 0 aromatic heterocycles. The standard InChI is InChI=1S/C21H26O5/c1-7-15(22)19-20(13(3)4)26-18(23)12-21(19,8-2)14-9-10-16(24-5)17(11-14)25-6/h7-11,13,15,22H,1-2,12H2,3-6H3. The smallest absolute Gasteiger partial charge is 0.312 e. The molecule has 0 fully saturated rings. The van der Waals surface area contributed by atoms with Crippen LogP contribution in [0.5, 0.6) is 11.5 Å². The Morgan fingerprint density at radius 2 is 1.88 bits per heavy atom. The van der Waals surface area contributed by atoms with Gasteiger partial charge >= 0.3 is 5.97 Å². The second-order valence-electron chi connectivity index (χ2n) is 6.51. The van der Waals surface area contributed by atoms with Crippen molar-refractivity contribution in [2.24, 2.45) is 5.92 Å². The normalized spacial score (nSPS) is 21.2. The molecule has 1 aromatic carbocycles. The van der Waals surface area contributed by atoms with Gasteiger partial charge in [-0.25, -0.2) is 0 Å². The summed E-state index contributed by atoms with van der Waals surface area (Å²) in [7, 11) is 3.11. The number of esters is 1. The predicted molar refractivity (Wildman–Crippen MR) is 100 cm³/mol. The van der Waals surface area contributed by atoms with Crippen molar-refractivity contribution < 1.29 is 24.1 Å². The molecule has 2 unspecified atom stereocenters. The third-order valence-corrected chi connectivity index (χ3v) is 4.68. The summed E-state index contributed by atoms with van der Waals surface area (Å²) < 4.78 is 16.2. The highest BCUT2D eigenvalue weighted by Gasteiger charge is 2.45. The number of methoxy groups -OCH3 is 2. The van der Waals surface area contributed by atoms with E-state index in [-0.39, 0.29) is 18.3 Å². The Bertz CT molecular complexity index is 747. The Morgan fingerprint density at radius 1 is 1.23 bits per heavy atom. The van der Waals surface area contributed by atoms with Gasteiger partial charge in [0.15, 0.2) is 11.5 Å². The monoisotopic (exact) mass is 358 g/mol. The van der Waals surface area contributed by atoms with Crippen molar-refractivity contribution in [3.05, 3.63) is 60.4 Å². The van der Waals surface area contributed by atoms with E-state index in [0.717, 1.165) is 5.56 Å². The lowest BCUT2D eigenvalue weighted by molar-refractivity contribution is -0.143. The fourth-order valence-corrected chi connectivity index (χ4v) is 3.38. The highest BCUT2D eigenvalue weighted by atomic mass is 16.5. The summed E-state index contributed by atoms with van der Waals surface area (Å²) in [5, 5.41) is 10.7. The minimum Gasteiger partial charge on any atom is -0.493 e. The van der Waals surface area contributed by atoms with Gasteiger partial charge in [-0.15, -0.1) is 13.2 Å². The number of rotatable bonds is 7. The van der Waals surface area contributed by atoms with Crippen LogP contribution in [0.1, 0.15) is 25.8 Å². The molecule has 1 aliphatic rings. The second-order valence-corrected chi connectivity index (χ2v) is 6.51. The molecule has 1 aliphatic heterocycles. The summed E-state index contributed by atoms with van der Waals surface area (Å²) in [6.45, 7) is 11.5. The Morgan fingerprint density at radius 3 is 2.38 bits per heavy atom. The van der Waals surface area contributed by atoms with Crippen molar-refractivity contribution in [3.8, 4) is 11.5 Å². The number of carbonyl (C=O) groups is 1. The summed E-state index contributed by atoms with van der Waals surface area (Å²) in [5.74, 6) is 1.09. The van der Waals surface area contributed by atoms with E-state index in [0.29, 0.717) is 22.8 Å². The number of allylic oxidation sites excluding steroid dienone is 2. The topological polar surface area (TPSA) is 65.0 Å². The van der Waals surface area contributed by atoms with Gasteiger partial charge < -0.3 is 19.3 Å². The van der Waals surface area contributed by atoms with E-state index in [4.69, 9.17) is 14.2 Å². The van der Waals surface area contributed by atoms with E-state index in [1.54, 1.807) is 32.4 Å². The molecule has 0 spiro atoms. The van der Waals surface area contributed by atoms with Gasteiger partial charge in [0.2, 0.25) is 0 Å². The van der Waals surface area contributed by atoms with E-state index in [1.165, 1.54) is 6.08 Å². The van der Waals surface area contributed by atoms with Crippen LogP contribution in [0.15, 0.2) is 54.8 Å². The lowest BCUT2D eigenvalue weighted by Crippen LogP contribution is -2.40. The molecule has 5 nitrogen and oxygen atoms in total. The highest BCUT2D eigenvalue weighted by molar-refractivity contribution is 5.77. The van der Waals surface area contributed by atoms with Crippen LogP contribution in [0.3, 0.4) is 0 Å². The van der Waals surface area contributed by atoms with Gasteiger partial charge in [0.05, 0.1) is 32.2 Å². The zero-order valence-corrected chi connectivity index (χ0v) is 15.7. The van der Waals surface area contributed by atoms with Crippen molar-refractivity contribution in [1.29, 1.82) is 0 Å². The molecule has 1 heterocycles. The molecule has 1 aromatic rings. The van der Waals surface area contributed by atoms with Crippen molar-refractivity contribution in [1.82, 2.24) is 0 Å². The van der Waals surface area contributed by atoms with Gasteiger partial charge in [-0.3, -0.25) is 4.79 Å². The molecule has 0 aliphatic carbocycles. The van der Waals surface area contributed by atoms with Gasteiger partial charge in [0, 0.05) is 11.5 Å². The van der Waals surface area contributed by atoms with Crippen LogP contribution < -0.4 is 9.47 Å². The molecule has 0 bridgehead atoms. The molecule has 1 N–H and O–H groups in total. The Kier molecular flexibility index (Phi) is 5.93. The minimum absolute atomic E-state index is 0.0302. The van der Waals surface area contributed by atoms with E-state index in [9.17, 15) is 9.90 Å². The summed E-state index contributed by atoms with van der Waals surface area (Å²) in [6, 6.07) is 5.41. The van der Waals surface area contributed by atoms with Crippen molar-refractivity contribution in [3.63, 3.8) is 0 Å². The SMILES string of the molecule is C=CC(O)C1=C(C(C)C)OC(=O)CC1(C=C)c1ccc(OC)c(OC)c1.